The normalized spacial score (nSPS) is 34.9. The van der Waals surface area contributed by atoms with E-state index >= 15 is 0 Å². The van der Waals surface area contributed by atoms with Crippen molar-refractivity contribution >= 4 is 39.1 Å². The van der Waals surface area contributed by atoms with Crippen molar-refractivity contribution in [1.82, 2.24) is 9.71 Å². The van der Waals surface area contributed by atoms with Crippen LogP contribution in [0.1, 0.15) is 73.5 Å². The first kappa shape index (κ1) is 34.5. The Bertz CT molecular complexity index is 1750. The molecule has 1 aromatic carbocycles. The number of methoxy groups -OCH3 is 2. The van der Waals surface area contributed by atoms with Gasteiger partial charge in [-0.1, -0.05) is 36.7 Å². The lowest BCUT2D eigenvalue weighted by molar-refractivity contribution is -0.130. The van der Waals surface area contributed by atoms with Crippen LogP contribution in [0.3, 0.4) is 0 Å². The molecular weight excluding hydrogens is 664 g/mol. The zero-order valence-electron chi connectivity index (χ0n) is 28.6. The number of hydrogen-bond donors (Lipinski definition) is 1. The number of aromatic nitrogens is 1. The molecule has 1 aromatic heterocycles. The maximum absolute atomic E-state index is 14.4. The largest absolute Gasteiger partial charge is 0.489 e. The Kier molecular flexibility index (Phi) is 9.82. The number of allylic oxidation sites excluding steroid dienone is 1. The minimum atomic E-state index is -3.46. The third-order valence-electron chi connectivity index (χ3n) is 11.4. The lowest BCUT2D eigenvalue weighted by atomic mass is 9.68. The Balaban J connectivity index is 1.28. The molecule has 1 unspecified atom stereocenters. The van der Waals surface area contributed by atoms with Crippen LogP contribution in [0, 0.1) is 23.7 Å². The number of rotatable bonds is 4. The highest BCUT2D eigenvalue weighted by Crippen LogP contribution is 2.46. The number of benzene rings is 1. The lowest BCUT2D eigenvalue weighted by Gasteiger charge is -2.45. The average molecular weight is 711 g/mol. The van der Waals surface area contributed by atoms with Crippen LogP contribution >= 0.6 is 11.6 Å². The van der Waals surface area contributed by atoms with E-state index in [1.807, 2.05) is 13.0 Å². The van der Waals surface area contributed by atoms with Gasteiger partial charge in [-0.15, -0.1) is 4.36 Å². The number of carbonyl (C=O) groups excluding carboxylic acids is 2. The Hall–Kier alpha value is -2.99. The molecule has 2 fully saturated rings. The summed E-state index contributed by atoms with van der Waals surface area (Å²) >= 11 is 6.44. The number of halogens is 1. The molecule has 2 aliphatic heterocycles. The van der Waals surface area contributed by atoms with Crippen LogP contribution in [-0.4, -0.2) is 72.9 Å². The number of nitrogens with zero attached hydrogens (tertiary/aromatic N) is 3. The van der Waals surface area contributed by atoms with Crippen molar-refractivity contribution in [3.05, 3.63) is 64.3 Å². The number of carbonyl (C=O) groups is 2. The van der Waals surface area contributed by atoms with Gasteiger partial charge in [0.25, 0.3) is 0 Å². The molecule has 12 heteroatoms. The highest BCUT2D eigenvalue weighted by Gasteiger charge is 2.45. The highest BCUT2D eigenvalue weighted by atomic mass is 35.5. The van der Waals surface area contributed by atoms with Gasteiger partial charge in [0, 0.05) is 43.7 Å². The molecule has 1 spiro atoms. The van der Waals surface area contributed by atoms with Gasteiger partial charge in [-0.25, -0.2) is 9.19 Å². The van der Waals surface area contributed by atoms with Gasteiger partial charge in [0.2, 0.25) is 5.91 Å². The van der Waals surface area contributed by atoms with Crippen molar-refractivity contribution in [2.24, 2.45) is 28.0 Å². The zero-order valence-corrected chi connectivity index (χ0v) is 30.1. The van der Waals surface area contributed by atoms with Gasteiger partial charge in [-0.3, -0.25) is 14.3 Å². The van der Waals surface area contributed by atoms with Gasteiger partial charge in [-0.2, -0.15) is 0 Å². The molecule has 7 rings (SSSR count). The van der Waals surface area contributed by atoms with Gasteiger partial charge in [0.1, 0.15) is 15.6 Å². The fourth-order valence-corrected chi connectivity index (χ4v) is 10.6. The van der Waals surface area contributed by atoms with E-state index in [4.69, 9.17) is 30.8 Å². The second-order valence-electron chi connectivity index (χ2n) is 14.8. The molecule has 3 aliphatic carbocycles. The third-order valence-corrected chi connectivity index (χ3v) is 13.6. The quantitative estimate of drug-likeness (QED) is 0.389. The van der Waals surface area contributed by atoms with Crippen LogP contribution in [0.2, 0.25) is 5.02 Å². The summed E-state index contributed by atoms with van der Waals surface area (Å²) < 4.78 is 39.3. The van der Waals surface area contributed by atoms with E-state index in [1.165, 1.54) is 11.1 Å². The third kappa shape index (κ3) is 7.01. The molecule has 2 aromatic rings. The molecule has 6 atom stereocenters. The van der Waals surface area contributed by atoms with Crippen molar-refractivity contribution in [3.63, 3.8) is 0 Å². The second-order valence-corrected chi connectivity index (χ2v) is 17.2. The van der Waals surface area contributed by atoms with Gasteiger partial charge in [0.15, 0.2) is 11.6 Å². The number of anilines is 1. The predicted octanol–water partition coefficient (Wildman–Crippen LogP) is 5.91. The monoisotopic (exact) mass is 710 g/mol. The number of amides is 2. The molecule has 2 saturated carbocycles. The molecule has 3 heterocycles. The SMILES string of the molecule is COC1CC(C(=O)NS2(=O)=NC(=O)c3ccc4c(n3)N(C[C@@H]3CC[C@H]3[C@@H](OC)/C=C/C[C@H](C)C2)C[C@@]2(CCCc3cc(Cl)ccc32)CO4)C1. The maximum Gasteiger partial charge on any atom is 0.305 e. The lowest BCUT2D eigenvalue weighted by Crippen LogP contribution is -2.49. The summed E-state index contributed by atoms with van der Waals surface area (Å²) in [6.45, 7) is 3.83. The number of aryl methyl sites for hydroxylation is 1. The Morgan fingerprint density at radius 3 is 2.76 bits per heavy atom. The molecule has 2 bridgehead atoms. The van der Waals surface area contributed by atoms with Gasteiger partial charge in [-0.05, 0) is 105 Å². The highest BCUT2D eigenvalue weighted by molar-refractivity contribution is 7.92. The number of nitrogens with one attached hydrogen (secondary N) is 1. The Morgan fingerprint density at radius 1 is 1.16 bits per heavy atom. The first-order chi connectivity index (χ1) is 23.6. The zero-order chi connectivity index (χ0) is 34.3. The Morgan fingerprint density at radius 2 is 2.00 bits per heavy atom. The van der Waals surface area contributed by atoms with E-state index in [1.54, 1.807) is 26.4 Å². The minimum absolute atomic E-state index is 0.00459. The summed E-state index contributed by atoms with van der Waals surface area (Å²) in [7, 11) is -0.0858. The number of fused-ring (bicyclic) bond motifs is 4. The Labute approximate surface area is 294 Å². The minimum Gasteiger partial charge on any atom is -0.489 e. The second kappa shape index (κ2) is 14.0. The standard InChI is InChI=1S/C37H47ClN4O6S/c1-23-6-4-8-32(47-3)29-11-9-25(29)19-42-21-37(15-5-7-24-16-27(38)10-12-30(24)37)22-48-33-14-13-31(39-34(33)42)36(44)41-49(45,20-23)40-35(43)26-17-28(18-26)46-2/h4,8,10,12-14,16,23,25-26,28-29,32H,5-7,9,11,15,17-22H2,1-3H3,(H,40,41,43,44,45)/b8-4+/t23-,25-,26?,28?,29+,32-,37-,49?/m0/s1. The summed E-state index contributed by atoms with van der Waals surface area (Å²) in [6.07, 6.45) is 10.9. The number of hydrogen-bond acceptors (Lipinski definition) is 8. The van der Waals surface area contributed by atoms with E-state index in [2.05, 4.69) is 38.3 Å². The first-order valence-corrected chi connectivity index (χ1v) is 19.7. The molecule has 0 saturated heterocycles. The predicted molar refractivity (Wildman–Crippen MR) is 189 cm³/mol. The van der Waals surface area contributed by atoms with Crippen molar-refractivity contribution < 1.29 is 28.0 Å². The molecule has 2 amide bonds. The van der Waals surface area contributed by atoms with Gasteiger partial charge in [0.05, 0.1) is 24.6 Å². The fourth-order valence-electron chi connectivity index (χ4n) is 8.43. The average Bonchev–Trinajstić information content (AvgIpc) is 3.18. The molecule has 49 heavy (non-hydrogen) atoms. The summed E-state index contributed by atoms with van der Waals surface area (Å²) in [5.74, 6) is 0.384. The van der Waals surface area contributed by atoms with E-state index in [0.717, 1.165) is 43.7 Å². The van der Waals surface area contributed by atoms with Crippen molar-refractivity contribution in [2.75, 3.05) is 44.6 Å². The van der Waals surface area contributed by atoms with Crippen molar-refractivity contribution in [1.29, 1.82) is 0 Å². The molecule has 1 N–H and O–H groups in total. The van der Waals surface area contributed by atoms with E-state index in [9.17, 15) is 13.8 Å². The molecule has 264 valence electrons. The summed E-state index contributed by atoms with van der Waals surface area (Å²) in [6, 6.07) is 9.57. The fraction of sp³-hybridized carbons (Fsp3) is 0.595. The molecule has 5 aliphatic rings. The maximum atomic E-state index is 14.4. The summed E-state index contributed by atoms with van der Waals surface area (Å²) in [5.41, 5.74) is 2.29. The molecule has 0 radical (unpaired) electrons. The van der Waals surface area contributed by atoms with Gasteiger partial charge >= 0.3 is 5.91 Å². The van der Waals surface area contributed by atoms with Crippen LogP contribution in [0.5, 0.6) is 5.75 Å². The van der Waals surface area contributed by atoms with Crippen LogP contribution in [0.4, 0.5) is 5.82 Å². The van der Waals surface area contributed by atoms with Crippen LogP contribution < -0.4 is 14.4 Å². The van der Waals surface area contributed by atoms with Gasteiger partial charge < -0.3 is 19.1 Å². The molecule has 10 nitrogen and oxygen atoms in total. The number of ether oxygens (including phenoxy) is 3. The van der Waals surface area contributed by atoms with Crippen molar-refractivity contribution in [2.45, 2.75) is 75.9 Å². The van der Waals surface area contributed by atoms with Crippen LogP contribution in [0.15, 0.2) is 46.8 Å². The summed E-state index contributed by atoms with van der Waals surface area (Å²) in [5, 5.41) is 0.734. The van der Waals surface area contributed by atoms with E-state index < -0.39 is 15.8 Å². The van der Waals surface area contributed by atoms with E-state index in [0.29, 0.717) is 55.8 Å². The van der Waals surface area contributed by atoms with Crippen LogP contribution in [0.25, 0.3) is 0 Å². The topological polar surface area (TPSA) is 119 Å². The van der Waals surface area contributed by atoms with Crippen LogP contribution in [-0.2, 0) is 36.0 Å². The first-order valence-electron chi connectivity index (χ1n) is 17.6. The smallest absolute Gasteiger partial charge is 0.305 e. The molecular formula is C37H47ClN4O6S. The van der Waals surface area contributed by atoms with Crippen molar-refractivity contribution in [3.8, 4) is 5.75 Å². The summed E-state index contributed by atoms with van der Waals surface area (Å²) in [4.78, 5) is 34.2. The number of pyridine rings is 1. The van der Waals surface area contributed by atoms with E-state index in [-0.39, 0.29) is 46.8 Å².